The third-order valence-corrected chi connectivity index (χ3v) is 4.60. The first-order chi connectivity index (χ1) is 10.4. The molecule has 5 nitrogen and oxygen atoms in total. The van der Waals surface area contributed by atoms with Gasteiger partial charge in [-0.1, -0.05) is 0 Å². The Morgan fingerprint density at radius 3 is 2.91 bits per heavy atom. The van der Waals surface area contributed by atoms with Crippen molar-refractivity contribution in [3.63, 3.8) is 0 Å². The maximum Gasteiger partial charge on any atom is 0.310 e. The molecule has 1 fully saturated rings. The van der Waals surface area contributed by atoms with E-state index in [1.807, 2.05) is 26.0 Å². The highest BCUT2D eigenvalue weighted by Crippen LogP contribution is 2.54. The molecule has 114 valence electrons. The summed E-state index contributed by atoms with van der Waals surface area (Å²) in [5.41, 5.74) is 2.17. The Hall–Kier alpha value is -2.14. The number of carbonyl (C=O) groups is 1. The van der Waals surface area contributed by atoms with Crippen molar-refractivity contribution in [3.05, 3.63) is 35.5 Å². The Balaban J connectivity index is 1.91. The summed E-state index contributed by atoms with van der Waals surface area (Å²) in [7, 11) is 0. The Kier molecular flexibility index (Phi) is 2.58. The van der Waals surface area contributed by atoms with Crippen LogP contribution in [0.4, 0.5) is 0 Å². The van der Waals surface area contributed by atoms with E-state index in [9.17, 15) is 9.90 Å². The normalized spacial score (nSPS) is 25.8. The van der Waals surface area contributed by atoms with Crippen LogP contribution in [0, 0.1) is 0 Å². The van der Waals surface area contributed by atoms with Gasteiger partial charge in [0.15, 0.2) is 0 Å². The van der Waals surface area contributed by atoms with Gasteiger partial charge in [0.25, 0.3) is 0 Å². The van der Waals surface area contributed by atoms with Gasteiger partial charge in [-0.2, -0.15) is 0 Å². The molecular formula is C17H17NO4. The molecule has 3 atom stereocenters. The second-order valence-electron chi connectivity index (χ2n) is 6.55. The molecular weight excluding hydrogens is 282 g/mol. The van der Waals surface area contributed by atoms with E-state index in [1.165, 1.54) is 0 Å². The van der Waals surface area contributed by atoms with Crippen molar-refractivity contribution in [3.8, 4) is 5.75 Å². The molecule has 1 aromatic heterocycles. The van der Waals surface area contributed by atoms with Gasteiger partial charge in [0.05, 0.1) is 11.4 Å². The third kappa shape index (κ3) is 1.82. The van der Waals surface area contributed by atoms with E-state index in [-0.39, 0.29) is 17.8 Å². The zero-order chi connectivity index (χ0) is 15.6. The van der Waals surface area contributed by atoms with Gasteiger partial charge in [-0.3, -0.25) is 9.78 Å². The average Bonchev–Trinajstić information content (AvgIpc) is 3.25. The fourth-order valence-electron chi connectivity index (χ4n) is 3.25. The van der Waals surface area contributed by atoms with Crippen LogP contribution in [0.15, 0.2) is 24.4 Å². The fraction of sp³-hybridized carbons (Fsp3) is 0.412. The zero-order valence-electron chi connectivity index (χ0n) is 12.7. The molecule has 0 saturated carbocycles. The number of pyridine rings is 1. The SMILES string of the molecule is CC(C(=O)O)c1ccnc2cc3c(cc12)OC(C)(C)[C@@H]1O[C@H]31. The maximum atomic E-state index is 11.3. The summed E-state index contributed by atoms with van der Waals surface area (Å²) in [5, 5.41) is 10.1. The molecule has 4 rings (SSSR count). The van der Waals surface area contributed by atoms with Crippen molar-refractivity contribution >= 4 is 16.9 Å². The predicted octanol–water partition coefficient (Wildman–Crippen LogP) is 3.03. The third-order valence-electron chi connectivity index (χ3n) is 4.60. The molecule has 2 aromatic rings. The number of epoxide rings is 1. The van der Waals surface area contributed by atoms with E-state index in [0.717, 1.165) is 27.8 Å². The summed E-state index contributed by atoms with van der Waals surface area (Å²) in [6.45, 7) is 5.70. The number of benzene rings is 1. The molecule has 0 aliphatic carbocycles. The lowest BCUT2D eigenvalue weighted by molar-refractivity contribution is -0.138. The summed E-state index contributed by atoms with van der Waals surface area (Å²) >= 11 is 0. The van der Waals surface area contributed by atoms with E-state index in [2.05, 4.69) is 4.98 Å². The fourth-order valence-corrected chi connectivity index (χ4v) is 3.25. The van der Waals surface area contributed by atoms with E-state index in [0.29, 0.717) is 0 Å². The van der Waals surface area contributed by atoms with Crippen molar-refractivity contribution in [2.24, 2.45) is 0 Å². The molecule has 2 aliphatic heterocycles. The first kappa shape index (κ1) is 13.5. The number of hydrogen-bond acceptors (Lipinski definition) is 4. The number of ether oxygens (including phenoxy) is 2. The molecule has 0 amide bonds. The quantitative estimate of drug-likeness (QED) is 0.863. The summed E-state index contributed by atoms with van der Waals surface area (Å²) < 4.78 is 11.8. The number of rotatable bonds is 2. The summed E-state index contributed by atoms with van der Waals surface area (Å²) in [6, 6.07) is 5.63. The standard InChI is InChI=1S/C17H17NO4/c1-8(16(19)20)9-4-5-18-12-6-11-13(7-10(9)12)22-17(2,3)15-14(11)21-15/h4-8,14-15H,1-3H3,(H,19,20)/t8?,14-,15-/m1/s1. The van der Waals surface area contributed by atoms with E-state index in [4.69, 9.17) is 9.47 Å². The Morgan fingerprint density at radius 2 is 2.18 bits per heavy atom. The lowest BCUT2D eigenvalue weighted by atomic mass is 9.91. The van der Waals surface area contributed by atoms with Crippen LogP contribution in [-0.2, 0) is 9.53 Å². The van der Waals surface area contributed by atoms with E-state index >= 15 is 0 Å². The average molecular weight is 299 g/mol. The first-order valence-corrected chi connectivity index (χ1v) is 7.38. The zero-order valence-corrected chi connectivity index (χ0v) is 12.7. The lowest BCUT2D eigenvalue weighted by Gasteiger charge is -2.30. The minimum absolute atomic E-state index is 0.0607. The highest BCUT2D eigenvalue weighted by molar-refractivity contribution is 5.90. The lowest BCUT2D eigenvalue weighted by Crippen LogP contribution is -2.37. The molecule has 0 bridgehead atoms. The minimum atomic E-state index is -0.850. The number of fused-ring (bicyclic) bond motifs is 4. The first-order valence-electron chi connectivity index (χ1n) is 7.38. The summed E-state index contributed by atoms with van der Waals surface area (Å²) in [4.78, 5) is 15.7. The van der Waals surface area contributed by atoms with Gasteiger partial charge >= 0.3 is 5.97 Å². The molecule has 0 radical (unpaired) electrons. The minimum Gasteiger partial charge on any atom is -0.485 e. The molecule has 1 aromatic carbocycles. The van der Waals surface area contributed by atoms with Gasteiger partial charge in [0.2, 0.25) is 0 Å². The van der Waals surface area contributed by atoms with Crippen LogP contribution in [0.1, 0.15) is 43.9 Å². The van der Waals surface area contributed by atoms with Crippen LogP contribution in [0.2, 0.25) is 0 Å². The van der Waals surface area contributed by atoms with Gasteiger partial charge in [-0.05, 0) is 44.5 Å². The van der Waals surface area contributed by atoms with Gasteiger partial charge < -0.3 is 14.6 Å². The number of aromatic nitrogens is 1. The van der Waals surface area contributed by atoms with Crippen LogP contribution in [-0.4, -0.2) is 27.8 Å². The largest absolute Gasteiger partial charge is 0.485 e. The van der Waals surface area contributed by atoms with E-state index in [1.54, 1.807) is 19.2 Å². The molecule has 22 heavy (non-hydrogen) atoms. The summed E-state index contributed by atoms with van der Waals surface area (Å²) in [5.74, 6) is -0.676. The predicted molar refractivity (Wildman–Crippen MR) is 80.1 cm³/mol. The topological polar surface area (TPSA) is 72.0 Å². The van der Waals surface area contributed by atoms with Crippen molar-refractivity contribution < 1.29 is 19.4 Å². The van der Waals surface area contributed by atoms with Gasteiger partial charge in [0.1, 0.15) is 23.6 Å². The van der Waals surface area contributed by atoms with Crippen LogP contribution >= 0.6 is 0 Å². The van der Waals surface area contributed by atoms with Crippen LogP contribution in [0.25, 0.3) is 10.9 Å². The van der Waals surface area contributed by atoms with Gasteiger partial charge in [-0.15, -0.1) is 0 Å². The van der Waals surface area contributed by atoms with Gasteiger partial charge in [0, 0.05) is 17.1 Å². The molecule has 3 heterocycles. The number of carboxylic acid groups (broad SMARTS) is 1. The van der Waals surface area contributed by atoms with Crippen LogP contribution in [0.5, 0.6) is 5.75 Å². The smallest absolute Gasteiger partial charge is 0.310 e. The number of hydrogen-bond donors (Lipinski definition) is 1. The molecule has 5 heteroatoms. The van der Waals surface area contributed by atoms with Gasteiger partial charge in [-0.25, -0.2) is 0 Å². The van der Waals surface area contributed by atoms with Crippen molar-refractivity contribution in [2.75, 3.05) is 0 Å². The summed E-state index contributed by atoms with van der Waals surface area (Å²) in [6.07, 6.45) is 1.80. The van der Waals surface area contributed by atoms with Crippen molar-refractivity contribution in [1.29, 1.82) is 0 Å². The molecule has 2 aliphatic rings. The van der Waals surface area contributed by atoms with E-state index < -0.39 is 11.9 Å². The maximum absolute atomic E-state index is 11.3. The Labute approximate surface area is 127 Å². The molecule has 0 spiro atoms. The number of aliphatic carboxylic acids is 1. The number of nitrogens with zero attached hydrogens (tertiary/aromatic N) is 1. The Bertz CT molecular complexity index is 799. The highest BCUT2D eigenvalue weighted by atomic mass is 16.6. The highest BCUT2D eigenvalue weighted by Gasteiger charge is 2.56. The number of carboxylic acids is 1. The Morgan fingerprint density at radius 1 is 1.41 bits per heavy atom. The van der Waals surface area contributed by atoms with Crippen LogP contribution < -0.4 is 4.74 Å². The second-order valence-corrected chi connectivity index (χ2v) is 6.55. The van der Waals surface area contributed by atoms with Crippen molar-refractivity contribution in [2.45, 2.75) is 44.5 Å². The monoisotopic (exact) mass is 299 g/mol. The molecule has 1 unspecified atom stereocenters. The molecule has 1 saturated heterocycles. The van der Waals surface area contributed by atoms with Crippen LogP contribution in [0.3, 0.4) is 0 Å². The molecule has 1 N–H and O–H groups in total. The van der Waals surface area contributed by atoms with Crippen molar-refractivity contribution in [1.82, 2.24) is 4.98 Å². The second kappa shape index (κ2) is 4.20.